The highest BCUT2D eigenvalue weighted by molar-refractivity contribution is 5.75. The van der Waals surface area contributed by atoms with Gasteiger partial charge in [0.1, 0.15) is 5.75 Å². The Labute approximate surface area is 203 Å². The summed E-state index contributed by atoms with van der Waals surface area (Å²) in [5.74, 6) is 0.238. The van der Waals surface area contributed by atoms with Crippen LogP contribution in [0.25, 0.3) is 16.9 Å². The zero-order chi connectivity index (χ0) is 26.6. The highest BCUT2D eigenvalue weighted by Gasteiger charge is 2.48. The van der Waals surface area contributed by atoms with Gasteiger partial charge in [0, 0.05) is 30.7 Å². The Morgan fingerprint density at radius 3 is 2.47 bits per heavy atom. The Kier molecular flexibility index (Phi) is 8.15. The number of ether oxygens (including phenoxy) is 2. The zero-order valence-electron chi connectivity index (χ0n) is 19.9. The van der Waals surface area contributed by atoms with Gasteiger partial charge in [0.25, 0.3) is 12.3 Å². The fraction of sp³-hybridized carbons (Fsp3) is 0.455. The van der Waals surface area contributed by atoms with E-state index in [0.29, 0.717) is 10.5 Å². The lowest BCUT2D eigenvalue weighted by Gasteiger charge is -2.33. The Morgan fingerprint density at radius 1 is 1.19 bits per heavy atom. The molecule has 9 nitrogen and oxygen atoms in total. The molecule has 0 aliphatic heterocycles. The standard InChI is InChI=1S/C22H25F5N6O3/c1-5-13(18(23)24)31-21(34)33(6-2)17(22(25,26)27)14-9-12(16(35-3)10-29-14)15-11-32-8-7-28-19(32)20(30-15)36-4/h7-11,13,17-18H,5-6H2,1-4H3,(H,31,34). The number of methoxy groups -OCH3 is 2. The molecule has 0 saturated heterocycles. The molecule has 2 unspecified atom stereocenters. The molecule has 1 N–H and O–H groups in total. The summed E-state index contributed by atoms with van der Waals surface area (Å²) >= 11 is 0. The number of carbonyl (C=O) groups excluding carboxylic acids is 1. The van der Waals surface area contributed by atoms with E-state index in [0.717, 1.165) is 12.3 Å². The van der Waals surface area contributed by atoms with E-state index in [2.05, 4.69) is 15.0 Å². The summed E-state index contributed by atoms with van der Waals surface area (Å²) in [6.07, 6.45) is -2.37. The van der Waals surface area contributed by atoms with Crippen molar-refractivity contribution in [3.63, 3.8) is 0 Å². The van der Waals surface area contributed by atoms with Crippen LogP contribution in [0.1, 0.15) is 32.0 Å². The molecule has 2 atom stereocenters. The third kappa shape index (κ3) is 5.41. The molecule has 0 fully saturated rings. The van der Waals surface area contributed by atoms with Crippen LogP contribution in [0.3, 0.4) is 0 Å². The molecule has 3 aromatic rings. The Morgan fingerprint density at radius 2 is 1.92 bits per heavy atom. The molecule has 36 heavy (non-hydrogen) atoms. The lowest BCUT2D eigenvalue weighted by Crippen LogP contribution is -2.51. The minimum absolute atomic E-state index is 0.116. The van der Waals surface area contributed by atoms with Gasteiger partial charge in [0.15, 0.2) is 11.7 Å². The Bertz CT molecular complexity index is 1200. The van der Waals surface area contributed by atoms with Crippen LogP contribution in [-0.4, -0.2) is 69.7 Å². The summed E-state index contributed by atoms with van der Waals surface area (Å²) in [6.45, 7) is 2.28. The van der Waals surface area contributed by atoms with Crippen molar-refractivity contribution in [3.8, 4) is 22.9 Å². The minimum atomic E-state index is -4.97. The highest BCUT2D eigenvalue weighted by Crippen LogP contribution is 2.40. The van der Waals surface area contributed by atoms with E-state index >= 15 is 0 Å². The van der Waals surface area contributed by atoms with E-state index < -0.39 is 43.0 Å². The summed E-state index contributed by atoms with van der Waals surface area (Å²) in [5, 5.41) is 1.99. The fourth-order valence-electron chi connectivity index (χ4n) is 3.67. The molecule has 3 heterocycles. The monoisotopic (exact) mass is 516 g/mol. The first kappa shape index (κ1) is 26.9. The molecule has 0 aliphatic rings. The van der Waals surface area contributed by atoms with Crippen LogP contribution < -0.4 is 14.8 Å². The number of rotatable bonds is 9. The van der Waals surface area contributed by atoms with Gasteiger partial charge >= 0.3 is 12.2 Å². The number of halogens is 5. The van der Waals surface area contributed by atoms with Crippen LogP contribution in [0.2, 0.25) is 0 Å². The summed E-state index contributed by atoms with van der Waals surface area (Å²) in [7, 11) is 2.69. The second-order valence-electron chi connectivity index (χ2n) is 7.63. The van der Waals surface area contributed by atoms with Crippen molar-refractivity contribution in [2.45, 2.75) is 45.0 Å². The number of hydrogen-bond acceptors (Lipinski definition) is 6. The molecule has 0 aromatic carbocycles. The second kappa shape index (κ2) is 10.9. The number of alkyl halides is 5. The maximum Gasteiger partial charge on any atom is 0.414 e. The zero-order valence-corrected chi connectivity index (χ0v) is 19.9. The normalized spacial score (nSPS) is 13.5. The van der Waals surface area contributed by atoms with Gasteiger partial charge < -0.3 is 24.1 Å². The number of carbonyl (C=O) groups is 1. The molecular formula is C22H25F5N6O3. The highest BCUT2D eigenvalue weighted by atomic mass is 19.4. The number of amides is 2. The van der Waals surface area contributed by atoms with Crippen molar-refractivity contribution in [2.75, 3.05) is 20.8 Å². The average molecular weight is 516 g/mol. The Balaban J connectivity index is 2.12. The molecule has 0 aliphatic carbocycles. The summed E-state index contributed by atoms with van der Waals surface area (Å²) in [5.41, 5.74) is 0.170. The number of pyridine rings is 1. The third-order valence-electron chi connectivity index (χ3n) is 5.48. The summed E-state index contributed by atoms with van der Waals surface area (Å²) in [4.78, 5) is 25.4. The molecule has 0 saturated carbocycles. The van der Waals surface area contributed by atoms with Gasteiger partial charge in [-0.15, -0.1) is 0 Å². The molecule has 0 radical (unpaired) electrons. The van der Waals surface area contributed by atoms with Crippen molar-refractivity contribution < 1.29 is 36.2 Å². The molecule has 0 spiro atoms. The van der Waals surface area contributed by atoms with Crippen LogP contribution in [0.5, 0.6) is 11.6 Å². The van der Waals surface area contributed by atoms with Gasteiger partial charge in [-0.25, -0.2) is 23.5 Å². The first-order valence-corrected chi connectivity index (χ1v) is 10.9. The number of hydrogen-bond donors (Lipinski definition) is 1. The van der Waals surface area contributed by atoms with Crippen molar-refractivity contribution >= 4 is 11.7 Å². The van der Waals surface area contributed by atoms with E-state index in [1.807, 2.05) is 5.32 Å². The first-order chi connectivity index (χ1) is 17.0. The van der Waals surface area contributed by atoms with Gasteiger partial charge in [0.2, 0.25) is 0 Å². The maximum atomic E-state index is 14.3. The number of nitrogens with zero attached hydrogens (tertiary/aromatic N) is 5. The molecular weight excluding hydrogens is 491 g/mol. The number of imidazole rings is 1. The number of nitrogens with one attached hydrogen (secondary N) is 1. The SMILES string of the molecule is CCC(NC(=O)N(CC)C(c1cc(-c2cn3ccnc3c(OC)n2)c(OC)cn1)C(F)(F)F)C(F)F. The Hall–Kier alpha value is -3.71. The van der Waals surface area contributed by atoms with Gasteiger partial charge in [0.05, 0.1) is 37.8 Å². The van der Waals surface area contributed by atoms with E-state index in [1.165, 1.54) is 40.5 Å². The van der Waals surface area contributed by atoms with E-state index in [9.17, 15) is 26.7 Å². The van der Waals surface area contributed by atoms with E-state index in [-0.39, 0.29) is 29.3 Å². The number of aromatic nitrogens is 4. The number of urea groups is 1. The predicted octanol–water partition coefficient (Wildman–Crippen LogP) is 4.49. The molecule has 2 amide bonds. The van der Waals surface area contributed by atoms with Crippen LogP contribution in [0.15, 0.2) is 30.9 Å². The maximum absolute atomic E-state index is 14.3. The summed E-state index contributed by atoms with van der Waals surface area (Å²) < 4.78 is 81.3. The van der Waals surface area contributed by atoms with Crippen LogP contribution in [0.4, 0.5) is 26.7 Å². The lowest BCUT2D eigenvalue weighted by molar-refractivity contribution is -0.179. The van der Waals surface area contributed by atoms with Crippen molar-refractivity contribution in [1.82, 2.24) is 29.6 Å². The quantitative estimate of drug-likeness (QED) is 0.422. The third-order valence-corrected chi connectivity index (χ3v) is 5.48. The molecule has 0 bridgehead atoms. The van der Waals surface area contributed by atoms with Gasteiger partial charge in [-0.05, 0) is 19.4 Å². The second-order valence-corrected chi connectivity index (χ2v) is 7.63. The van der Waals surface area contributed by atoms with Gasteiger partial charge in [-0.3, -0.25) is 4.98 Å². The first-order valence-electron chi connectivity index (χ1n) is 10.9. The fourth-order valence-corrected chi connectivity index (χ4v) is 3.67. The van der Waals surface area contributed by atoms with E-state index in [4.69, 9.17) is 9.47 Å². The van der Waals surface area contributed by atoms with Crippen molar-refractivity contribution in [2.24, 2.45) is 0 Å². The molecule has 196 valence electrons. The lowest BCUT2D eigenvalue weighted by atomic mass is 10.1. The largest absolute Gasteiger partial charge is 0.494 e. The van der Waals surface area contributed by atoms with E-state index in [1.54, 1.807) is 10.6 Å². The number of fused-ring (bicyclic) bond motifs is 1. The van der Waals surface area contributed by atoms with Crippen molar-refractivity contribution in [1.29, 1.82) is 0 Å². The summed E-state index contributed by atoms with van der Waals surface area (Å²) in [6, 6.07) is -4.31. The van der Waals surface area contributed by atoms with Crippen LogP contribution >= 0.6 is 0 Å². The average Bonchev–Trinajstić information content (AvgIpc) is 3.32. The van der Waals surface area contributed by atoms with Crippen LogP contribution in [0, 0.1) is 0 Å². The molecule has 3 aromatic heterocycles. The van der Waals surface area contributed by atoms with Crippen molar-refractivity contribution in [3.05, 3.63) is 36.5 Å². The molecule has 3 rings (SSSR count). The predicted molar refractivity (Wildman–Crippen MR) is 119 cm³/mol. The minimum Gasteiger partial charge on any atom is -0.494 e. The molecule has 14 heteroatoms. The smallest absolute Gasteiger partial charge is 0.414 e. The van der Waals surface area contributed by atoms with Gasteiger partial charge in [-0.2, -0.15) is 13.2 Å². The van der Waals surface area contributed by atoms with Gasteiger partial charge in [-0.1, -0.05) is 6.92 Å². The van der Waals surface area contributed by atoms with Crippen LogP contribution in [-0.2, 0) is 0 Å². The topological polar surface area (TPSA) is 93.9 Å².